The van der Waals surface area contributed by atoms with E-state index in [4.69, 9.17) is 0 Å². The summed E-state index contributed by atoms with van der Waals surface area (Å²) >= 11 is 0. The van der Waals surface area contributed by atoms with E-state index in [1.54, 1.807) is 47.7 Å². The third-order valence-electron chi connectivity index (χ3n) is 8.56. The summed E-state index contributed by atoms with van der Waals surface area (Å²) in [7, 11) is 1.10. The normalized spacial score (nSPS) is 14.3. The predicted octanol–water partition coefficient (Wildman–Crippen LogP) is 4.42. The first kappa shape index (κ1) is 41.9. The molecule has 7 N–H and O–H groups in total. The molecule has 0 saturated heterocycles. The van der Waals surface area contributed by atoms with Crippen LogP contribution in [0, 0.1) is 10.8 Å². The van der Waals surface area contributed by atoms with Gasteiger partial charge in [-0.15, -0.1) is 0 Å². The van der Waals surface area contributed by atoms with Crippen molar-refractivity contribution < 1.29 is 38.9 Å². The lowest BCUT2D eigenvalue weighted by Crippen LogP contribution is -2.60. The number of urea groups is 1. The highest BCUT2D eigenvalue weighted by molar-refractivity contribution is 5.94. The van der Waals surface area contributed by atoms with Crippen LogP contribution < -0.4 is 26.6 Å². The highest BCUT2D eigenvalue weighted by Crippen LogP contribution is 2.23. The Hall–Kier alpha value is -5.50. The molecule has 1 heterocycles. The molecule has 14 nitrogen and oxygen atoms in total. The molecule has 6 amide bonds. The monoisotopic (exact) mass is 732 g/mol. The molecular weight excluding hydrogens is 680 g/mol. The van der Waals surface area contributed by atoms with Gasteiger partial charge in [-0.25, -0.2) is 19.7 Å². The molecule has 0 aliphatic heterocycles. The molecule has 0 saturated carbocycles. The third-order valence-corrected chi connectivity index (χ3v) is 8.56. The van der Waals surface area contributed by atoms with Gasteiger partial charge in [-0.05, 0) is 53.4 Å². The maximum Gasteiger partial charge on any atom is 0.415 e. The van der Waals surface area contributed by atoms with Crippen LogP contribution in [0.5, 0.6) is 0 Å². The minimum absolute atomic E-state index is 0.0358. The zero-order valence-corrected chi connectivity index (χ0v) is 31.3. The number of benzene rings is 2. The van der Waals surface area contributed by atoms with Crippen LogP contribution in [-0.4, -0.2) is 82.6 Å². The fraction of sp³-hybridized carbons (Fsp3) is 0.436. The number of ether oxygens (including phenoxy) is 1. The number of imide groups is 1. The number of nitrogens with one attached hydrogen (secondary N) is 5. The summed E-state index contributed by atoms with van der Waals surface area (Å²) in [5.41, 5.74) is 1.72. The molecule has 1 aromatic heterocycles. The van der Waals surface area contributed by atoms with Crippen molar-refractivity contribution in [2.75, 3.05) is 7.11 Å². The second-order valence-electron chi connectivity index (χ2n) is 15.1. The highest BCUT2D eigenvalue weighted by atomic mass is 16.5. The Kier molecular flexibility index (Phi) is 14.9. The number of nitrogens with zero attached hydrogens (tertiary/aromatic N) is 1. The van der Waals surface area contributed by atoms with E-state index in [1.165, 1.54) is 0 Å². The number of rotatable bonds is 14. The van der Waals surface area contributed by atoms with Crippen molar-refractivity contribution in [3.05, 3.63) is 90.1 Å². The Bertz CT molecular complexity index is 1670. The lowest BCUT2D eigenvalue weighted by atomic mass is 9.85. The first-order valence-electron chi connectivity index (χ1n) is 17.4. The van der Waals surface area contributed by atoms with Crippen LogP contribution >= 0.6 is 0 Å². The van der Waals surface area contributed by atoms with Gasteiger partial charge < -0.3 is 36.2 Å². The van der Waals surface area contributed by atoms with Crippen molar-refractivity contribution in [2.24, 2.45) is 10.8 Å². The fourth-order valence-electron chi connectivity index (χ4n) is 5.77. The fourth-order valence-corrected chi connectivity index (χ4v) is 5.77. The summed E-state index contributed by atoms with van der Waals surface area (Å²) in [6, 6.07) is 17.6. The van der Waals surface area contributed by atoms with Crippen LogP contribution in [0.2, 0.25) is 0 Å². The van der Waals surface area contributed by atoms with Gasteiger partial charge in [0.05, 0.1) is 24.9 Å². The maximum absolute atomic E-state index is 13.9. The van der Waals surface area contributed by atoms with Crippen molar-refractivity contribution >= 4 is 30.0 Å². The Morgan fingerprint density at radius 2 is 1.28 bits per heavy atom. The summed E-state index contributed by atoms with van der Waals surface area (Å²) in [5.74, 6) is -1.18. The molecule has 3 aromatic rings. The standard InChI is InChI=1S/C39H52N6O8/c1-38(2,3)31(43-35(49)45-37(52)53-7)34(48)42-29(22-24-13-9-8-10-14-24)30(46)23-27(41-33(47)32(39(4,5)6)44-36(50)51)21-25-16-18-26(19-17-25)28-15-11-12-20-40-28/h8-20,27,29-32,44,46H,21-23H2,1-7H3,(H,41,47)(H,42,48)(H,50,51)(H2,43,45,49,52)/t27-,29-,30-,31+,32+/m0/s1. The second kappa shape index (κ2) is 18.8. The molecule has 0 bridgehead atoms. The summed E-state index contributed by atoms with van der Waals surface area (Å²) < 4.78 is 4.49. The molecule has 0 aliphatic carbocycles. The highest BCUT2D eigenvalue weighted by Gasteiger charge is 2.37. The van der Waals surface area contributed by atoms with E-state index < -0.39 is 71.1 Å². The van der Waals surface area contributed by atoms with E-state index in [2.05, 4.69) is 31.0 Å². The Labute approximate surface area is 310 Å². The molecule has 0 spiro atoms. The summed E-state index contributed by atoms with van der Waals surface area (Å²) in [6.07, 6.45) is -1.46. The number of hydrogen-bond acceptors (Lipinski definition) is 8. The summed E-state index contributed by atoms with van der Waals surface area (Å²) in [5, 5.41) is 34.1. The predicted molar refractivity (Wildman–Crippen MR) is 200 cm³/mol. The Morgan fingerprint density at radius 3 is 1.83 bits per heavy atom. The lowest BCUT2D eigenvalue weighted by Gasteiger charge is -2.34. The van der Waals surface area contributed by atoms with E-state index in [0.717, 1.165) is 29.5 Å². The number of hydrogen-bond donors (Lipinski definition) is 7. The topological polar surface area (TPSA) is 208 Å². The van der Waals surface area contributed by atoms with E-state index in [1.807, 2.05) is 78.1 Å². The molecule has 0 aliphatic rings. The smallest absolute Gasteiger partial charge is 0.415 e. The number of amides is 6. The quantitative estimate of drug-likeness (QED) is 0.125. The van der Waals surface area contributed by atoms with Gasteiger partial charge in [0, 0.05) is 17.8 Å². The molecule has 0 radical (unpaired) electrons. The van der Waals surface area contributed by atoms with Crippen LogP contribution in [0.1, 0.15) is 59.1 Å². The molecule has 0 unspecified atom stereocenters. The number of pyridine rings is 1. The van der Waals surface area contributed by atoms with E-state index in [0.29, 0.717) is 0 Å². The zero-order chi connectivity index (χ0) is 39.3. The van der Waals surface area contributed by atoms with Gasteiger partial charge in [-0.2, -0.15) is 0 Å². The minimum Gasteiger partial charge on any atom is -0.465 e. The summed E-state index contributed by atoms with van der Waals surface area (Å²) in [6.45, 7) is 10.4. The van der Waals surface area contributed by atoms with Gasteiger partial charge in [0.15, 0.2) is 0 Å². The number of aliphatic hydroxyl groups excluding tert-OH is 1. The SMILES string of the molecule is COC(=O)NC(=O)N[C@H](C(=O)N[C@@H](Cc1ccccc1)[C@@H](O)C[C@H](Cc1ccc(-c2ccccn2)cc1)NC(=O)[C@@H](NC(=O)O)C(C)(C)C)C(C)(C)C. The first-order valence-corrected chi connectivity index (χ1v) is 17.4. The number of alkyl carbamates (subject to hydrolysis) is 1. The van der Waals surface area contributed by atoms with Crippen LogP contribution in [-0.2, 0) is 27.2 Å². The van der Waals surface area contributed by atoms with Gasteiger partial charge in [-0.3, -0.25) is 14.6 Å². The number of aromatic nitrogens is 1. The van der Waals surface area contributed by atoms with Crippen molar-refractivity contribution in [1.82, 2.24) is 31.6 Å². The van der Waals surface area contributed by atoms with Gasteiger partial charge >= 0.3 is 18.2 Å². The average Bonchev–Trinajstić information content (AvgIpc) is 3.09. The lowest BCUT2D eigenvalue weighted by molar-refractivity contribution is -0.128. The van der Waals surface area contributed by atoms with E-state index in [9.17, 15) is 34.2 Å². The van der Waals surface area contributed by atoms with Crippen molar-refractivity contribution in [3.63, 3.8) is 0 Å². The summed E-state index contributed by atoms with van der Waals surface area (Å²) in [4.78, 5) is 67.8. The molecular formula is C39H52N6O8. The van der Waals surface area contributed by atoms with Crippen molar-refractivity contribution in [2.45, 2.75) is 91.1 Å². The van der Waals surface area contributed by atoms with E-state index in [-0.39, 0.29) is 19.3 Å². The molecule has 286 valence electrons. The molecule has 3 rings (SSSR count). The molecule has 2 aromatic carbocycles. The Morgan fingerprint density at radius 1 is 0.717 bits per heavy atom. The zero-order valence-electron chi connectivity index (χ0n) is 31.3. The van der Waals surface area contributed by atoms with Gasteiger partial charge in [0.2, 0.25) is 11.8 Å². The molecule has 53 heavy (non-hydrogen) atoms. The van der Waals surface area contributed by atoms with Crippen LogP contribution in [0.25, 0.3) is 11.3 Å². The number of methoxy groups -OCH3 is 1. The third kappa shape index (κ3) is 13.5. The molecule has 14 heteroatoms. The van der Waals surface area contributed by atoms with Crippen molar-refractivity contribution in [1.29, 1.82) is 0 Å². The Balaban J connectivity index is 1.95. The maximum atomic E-state index is 13.9. The number of carbonyl (C=O) groups excluding carboxylic acids is 4. The number of carbonyl (C=O) groups is 5. The second-order valence-corrected chi connectivity index (χ2v) is 15.1. The van der Waals surface area contributed by atoms with Crippen LogP contribution in [0.3, 0.4) is 0 Å². The van der Waals surface area contributed by atoms with Gasteiger partial charge in [0.25, 0.3) is 0 Å². The molecule has 0 fully saturated rings. The number of carboxylic acid groups (broad SMARTS) is 1. The number of aliphatic hydroxyl groups is 1. The van der Waals surface area contributed by atoms with Crippen LogP contribution in [0.4, 0.5) is 14.4 Å². The first-order chi connectivity index (χ1) is 24.9. The van der Waals surface area contributed by atoms with Gasteiger partial charge in [0.1, 0.15) is 12.1 Å². The van der Waals surface area contributed by atoms with Gasteiger partial charge in [-0.1, -0.05) is 102 Å². The molecule has 5 atom stereocenters. The van der Waals surface area contributed by atoms with E-state index >= 15 is 0 Å². The van der Waals surface area contributed by atoms with Crippen LogP contribution in [0.15, 0.2) is 79.0 Å². The largest absolute Gasteiger partial charge is 0.465 e. The average molecular weight is 733 g/mol. The minimum atomic E-state index is -1.35. The van der Waals surface area contributed by atoms with Crippen molar-refractivity contribution in [3.8, 4) is 11.3 Å².